The number of hydrogen-bond donors (Lipinski definition) is 2. The molecular weight excluding hydrogens is 464 g/mol. The number of halogens is 1. The molecule has 0 saturated carbocycles. The first kappa shape index (κ1) is 21.4. The largest absolute Gasteiger partial charge is 0.322 e. The van der Waals surface area contributed by atoms with Gasteiger partial charge in [-0.15, -0.1) is 0 Å². The predicted octanol–water partition coefficient (Wildman–Crippen LogP) is 3.35. The van der Waals surface area contributed by atoms with Crippen molar-refractivity contribution in [2.75, 3.05) is 22.7 Å². The minimum atomic E-state index is -3.61. The highest BCUT2D eigenvalue weighted by Crippen LogP contribution is 2.28. The second kappa shape index (κ2) is 8.47. The molecule has 0 radical (unpaired) electrons. The average molecular weight is 483 g/mol. The van der Waals surface area contributed by atoms with Gasteiger partial charge in [0.05, 0.1) is 27.5 Å². The molecule has 4 aromatic rings. The summed E-state index contributed by atoms with van der Waals surface area (Å²) in [6.45, 7) is 0.749. The molecule has 168 valence electrons. The number of carbonyl (C=O) groups is 1. The third-order valence-electron chi connectivity index (χ3n) is 5.33. The Morgan fingerprint density at radius 2 is 2.00 bits per heavy atom. The number of benzene rings is 2. The maximum Gasteiger partial charge on any atom is 0.301 e. The number of carbonyl (C=O) groups excluding carboxylic acids is 1. The van der Waals surface area contributed by atoms with Crippen LogP contribution in [-0.2, 0) is 10.2 Å². The lowest BCUT2D eigenvalue weighted by atomic mass is 10.1. The van der Waals surface area contributed by atoms with Crippen LogP contribution >= 0.6 is 11.6 Å². The Kier molecular flexibility index (Phi) is 5.49. The van der Waals surface area contributed by atoms with E-state index in [0.29, 0.717) is 30.9 Å². The Balaban J connectivity index is 1.39. The summed E-state index contributed by atoms with van der Waals surface area (Å²) in [6, 6.07) is 15.7. The number of anilines is 2. The number of rotatable bonds is 4. The van der Waals surface area contributed by atoms with Gasteiger partial charge in [-0.05, 0) is 48.9 Å². The van der Waals surface area contributed by atoms with Crippen LogP contribution in [0.15, 0.2) is 67.1 Å². The highest BCUT2D eigenvalue weighted by molar-refractivity contribution is 7.90. The van der Waals surface area contributed by atoms with Crippen LogP contribution in [-0.4, -0.2) is 42.0 Å². The van der Waals surface area contributed by atoms with Crippen molar-refractivity contribution in [3.05, 3.63) is 77.7 Å². The van der Waals surface area contributed by atoms with Crippen LogP contribution in [0.3, 0.4) is 0 Å². The molecule has 1 fully saturated rings. The summed E-state index contributed by atoms with van der Waals surface area (Å²) in [4.78, 5) is 17.3. The molecule has 0 aliphatic carbocycles. The molecule has 1 aliphatic heterocycles. The number of fused-ring (bicyclic) bond motifs is 1. The molecule has 9 nitrogen and oxygen atoms in total. The zero-order chi connectivity index (χ0) is 23.0. The Bertz CT molecular complexity index is 1470. The first-order valence-corrected chi connectivity index (χ1v) is 12.0. The molecular formula is C22H19ClN6O3S. The fourth-order valence-corrected chi connectivity index (χ4v) is 5.34. The molecule has 1 amide bonds. The summed E-state index contributed by atoms with van der Waals surface area (Å²) in [5, 5.41) is 7.18. The van der Waals surface area contributed by atoms with Gasteiger partial charge in [0.15, 0.2) is 0 Å². The molecule has 1 saturated heterocycles. The molecule has 2 aromatic carbocycles. The van der Waals surface area contributed by atoms with Crippen molar-refractivity contribution < 1.29 is 13.2 Å². The minimum Gasteiger partial charge on any atom is -0.322 e. The van der Waals surface area contributed by atoms with Crippen LogP contribution in [0.1, 0.15) is 16.8 Å². The average Bonchev–Trinajstić information content (AvgIpc) is 3.28. The van der Waals surface area contributed by atoms with Crippen LogP contribution in [0.2, 0.25) is 5.02 Å². The van der Waals surface area contributed by atoms with Gasteiger partial charge < -0.3 is 5.32 Å². The number of hydrogen-bond acceptors (Lipinski definition) is 5. The molecule has 1 aliphatic rings. The van der Waals surface area contributed by atoms with E-state index in [0.717, 1.165) is 16.8 Å². The van der Waals surface area contributed by atoms with Crippen LogP contribution in [0, 0.1) is 0 Å². The zero-order valence-electron chi connectivity index (χ0n) is 17.3. The van der Waals surface area contributed by atoms with Crippen molar-refractivity contribution in [1.29, 1.82) is 0 Å². The van der Waals surface area contributed by atoms with Crippen LogP contribution in [0.25, 0.3) is 16.8 Å². The number of amides is 1. The zero-order valence-corrected chi connectivity index (χ0v) is 18.8. The Morgan fingerprint density at radius 3 is 2.82 bits per heavy atom. The SMILES string of the molecule is O=C(Nc1cccc(-c2ncnn3cccc23)c1)c1ccc(N2CCCNS2(=O)=O)cc1Cl. The maximum absolute atomic E-state index is 12.9. The Morgan fingerprint density at radius 1 is 1.12 bits per heavy atom. The lowest BCUT2D eigenvalue weighted by Gasteiger charge is -2.28. The fraction of sp³-hybridized carbons (Fsp3) is 0.136. The van der Waals surface area contributed by atoms with E-state index in [4.69, 9.17) is 11.6 Å². The molecule has 2 N–H and O–H groups in total. The van der Waals surface area contributed by atoms with E-state index in [1.165, 1.54) is 22.8 Å². The van der Waals surface area contributed by atoms with Crippen LogP contribution in [0.5, 0.6) is 0 Å². The summed E-state index contributed by atoms with van der Waals surface area (Å²) in [7, 11) is -3.61. The van der Waals surface area contributed by atoms with Gasteiger partial charge in [0.2, 0.25) is 0 Å². The predicted molar refractivity (Wildman–Crippen MR) is 127 cm³/mol. The van der Waals surface area contributed by atoms with Gasteiger partial charge in [-0.25, -0.2) is 9.50 Å². The summed E-state index contributed by atoms with van der Waals surface area (Å²) >= 11 is 6.36. The fourth-order valence-electron chi connectivity index (χ4n) is 3.76. The highest BCUT2D eigenvalue weighted by Gasteiger charge is 2.26. The Labute approximate surface area is 195 Å². The topological polar surface area (TPSA) is 109 Å². The lowest BCUT2D eigenvalue weighted by molar-refractivity contribution is 0.102. The van der Waals surface area contributed by atoms with Crippen molar-refractivity contribution in [3.63, 3.8) is 0 Å². The van der Waals surface area contributed by atoms with Crippen LogP contribution in [0.4, 0.5) is 11.4 Å². The van der Waals surface area contributed by atoms with Crippen molar-refractivity contribution in [1.82, 2.24) is 19.3 Å². The van der Waals surface area contributed by atoms with E-state index in [2.05, 4.69) is 20.1 Å². The van der Waals surface area contributed by atoms with E-state index in [-0.39, 0.29) is 10.6 Å². The lowest BCUT2D eigenvalue weighted by Crippen LogP contribution is -2.47. The molecule has 0 spiro atoms. The van der Waals surface area contributed by atoms with Crippen molar-refractivity contribution in [2.45, 2.75) is 6.42 Å². The van der Waals surface area contributed by atoms with Crippen LogP contribution < -0.4 is 14.3 Å². The van der Waals surface area contributed by atoms with Gasteiger partial charge in [0.25, 0.3) is 5.91 Å². The van der Waals surface area contributed by atoms with Gasteiger partial charge in [-0.3, -0.25) is 9.10 Å². The number of nitrogens with one attached hydrogen (secondary N) is 2. The van der Waals surface area contributed by atoms with Gasteiger partial charge in [-0.2, -0.15) is 18.2 Å². The van der Waals surface area contributed by atoms with E-state index in [1.807, 2.05) is 36.5 Å². The standard InChI is InChI=1S/C22H19ClN6O3S/c23-19-13-17(29-11-3-9-26-33(29,31)32)7-8-18(19)22(30)27-16-5-1-4-15(12-16)21-20-6-2-10-28(20)25-14-24-21/h1-2,4-8,10,12-14,26H,3,9,11H2,(H,27,30). The molecule has 11 heteroatoms. The second-order valence-electron chi connectivity index (χ2n) is 7.47. The number of aromatic nitrogens is 3. The van der Waals surface area contributed by atoms with E-state index >= 15 is 0 Å². The smallest absolute Gasteiger partial charge is 0.301 e. The normalized spacial score (nSPS) is 15.5. The highest BCUT2D eigenvalue weighted by atomic mass is 35.5. The third kappa shape index (κ3) is 4.15. The molecule has 0 atom stereocenters. The summed E-state index contributed by atoms with van der Waals surface area (Å²) in [5.74, 6) is -0.404. The second-order valence-corrected chi connectivity index (χ2v) is 9.56. The monoisotopic (exact) mass is 482 g/mol. The van der Waals surface area contributed by atoms with E-state index < -0.39 is 16.1 Å². The molecule has 5 rings (SSSR count). The molecule has 33 heavy (non-hydrogen) atoms. The molecule has 2 aromatic heterocycles. The van der Waals surface area contributed by atoms with E-state index in [1.54, 1.807) is 16.6 Å². The first-order valence-electron chi connectivity index (χ1n) is 10.2. The summed E-state index contributed by atoms with van der Waals surface area (Å²) in [6.07, 6.45) is 3.99. The summed E-state index contributed by atoms with van der Waals surface area (Å²) < 4.78 is 30.0. The van der Waals surface area contributed by atoms with Crippen molar-refractivity contribution in [3.8, 4) is 11.3 Å². The molecule has 3 heterocycles. The third-order valence-corrected chi connectivity index (χ3v) is 7.18. The van der Waals surface area contributed by atoms with Crippen molar-refractivity contribution in [2.24, 2.45) is 0 Å². The minimum absolute atomic E-state index is 0.160. The first-order chi connectivity index (χ1) is 15.9. The maximum atomic E-state index is 12.9. The van der Waals surface area contributed by atoms with Gasteiger partial charge in [0.1, 0.15) is 6.33 Å². The van der Waals surface area contributed by atoms with Gasteiger partial charge >= 0.3 is 10.2 Å². The van der Waals surface area contributed by atoms with Gasteiger partial charge in [-0.1, -0.05) is 23.7 Å². The Hall–Kier alpha value is -3.47. The summed E-state index contributed by atoms with van der Waals surface area (Å²) in [5.41, 5.74) is 3.63. The van der Waals surface area contributed by atoms with E-state index in [9.17, 15) is 13.2 Å². The number of nitrogens with zero attached hydrogens (tertiary/aromatic N) is 4. The molecule has 0 bridgehead atoms. The quantitative estimate of drug-likeness (QED) is 0.463. The molecule has 0 unspecified atom stereocenters. The van der Waals surface area contributed by atoms with Crippen molar-refractivity contribution >= 4 is 44.6 Å². The van der Waals surface area contributed by atoms with Gasteiger partial charge in [0, 0.05) is 30.5 Å².